The lowest BCUT2D eigenvalue weighted by Gasteiger charge is -2.42. The van der Waals surface area contributed by atoms with Gasteiger partial charge in [0.05, 0.1) is 0 Å². The second-order valence-corrected chi connectivity index (χ2v) is 10.2. The maximum atomic E-state index is 13.2. The quantitative estimate of drug-likeness (QED) is 0.456. The number of rotatable bonds is 6. The molecule has 8 heteroatoms. The summed E-state index contributed by atoms with van der Waals surface area (Å²) in [5.74, 6) is 2.45. The average Bonchev–Trinajstić information content (AvgIpc) is 3.10. The summed E-state index contributed by atoms with van der Waals surface area (Å²) in [5, 5.41) is 21.9. The molecule has 2 saturated heterocycles. The van der Waals surface area contributed by atoms with E-state index in [4.69, 9.17) is 5.41 Å². The van der Waals surface area contributed by atoms with Crippen LogP contribution in [0, 0.1) is 35.0 Å². The van der Waals surface area contributed by atoms with Crippen molar-refractivity contribution >= 4 is 5.91 Å². The minimum Gasteiger partial charge on any atom is -0.355 e. The summed E-state index contributed by atoms with van der Waals surface area (Å²) in [6.07, 6.45) is 9.56. The zero-order valence-corrected chi connectivity index (χ0v) is 19.2. The summed E-state index contributed by atoms with van der Waals surface area (Å²) < 4.78 is 3.90. The number of nitrogens with zero attached hydrogens (tertiary/aromatic N) is 2. The van der Waals surface area contributed by atoms with Gasteiger partial charge in [-0.25, -0.2) is 0 Å². The summed E-state index contributed by atoms with van der Waals surface area (Å²) in [7, 11) is 1.92. The fourth-order valence-electron chi connectivity index (χ4n) is 6.11. The molecule has 1 saturated carbocycles. The molecule has 1 aromatic rings. The highest BCUT2D eigenvalue weighted by Crippen LogP contribution is 2.41. The fraction of sp³-hybridized carbons (Fsp3) is 0.826. The maximum absolute atomic E-state index is 13.2. The number of hydrogen-bond donors (Lipinski definition) is 5. The molecule has 3 heterocycles. The Morgan fingerprint density at radius 1 is 1.19 bits per heavy atom. The Labute approximate surface area is 186 Å². The first-order valence-electron chi connectivity index (χ1n) is 12.2. The molecule has 0 bridgehead atoms. The van der Waals surface area contributed by atoms with Crippen molar-refractivity contribution < 1.29 is 4.79 Å². The van der Waals surface area contributed by atoms with E-state index >= 15 is 0 Å². The van der Waals surface area contributed by atoms with E-state index in [0.717, 1.165) is 58.7 Å². The van der Waals surface area contributed by atoms with Crippen LogP contribution >= 0.6 is 0 Å². The summed E-state index contributed by atoms with van der Waals surface area (Å²) in [6, 6.07) is 0.525. The second kappa shape index (κ2) is 10.3. The number of carbonyl (C=O) groups excluding carboxylic acids is 1. The molecule has 1 amide bonds. The van der Waals surface area contributed by atoms with Gasteiger partial charge in [-0.2, -0.15) is 0 Å². The largest absolute Gasteiger partial charge is 0.355 e. The monoisotopic (exact) mass is 431 g/mol. The molecule has 0 spiro atoms. The van der Waals surface area contributed by atoms with Crippen LogP contribution in [0.15, 0.2) is 12.4 Å². The highest BCUT2D eigenvalue weighted by atomic mass is 16.1. The first-order valence-corrected chi connectivity index (χ1v) is 12.2. The van der Waals surface area contributed by atoms with Crippen LogP contribution < -0.4 is 26.9 Å². The van der Waals surface area contributed by atoms with Gasteiger partial charge in [-0.05, 0) is 63.3 Å². The van der Waals surface area contributed by atoms with Gasteiger partial charge in [0.2, 0.25) is 11.5 Å². The van der Waals surface area contributed by atoms with Gasteiger partial charge < -0.3 is 30.4 Å². The number of hydrogen-bond acceptors (Lipinski definition) is 5. The maximum Gasteiger partial charge on any atom is 0.223 e. The molecule has 4 rings (SSSR count). The third kappa shape index (κ3) is 5.59. The predicted octanol–water partition coefficient (Wildman–Crippen LogP) is 0.609. The number of piperidine rings is 1. The highest BCUT2D eigenvalue weighted by Gasteiger charge is 2.39. The molecule has 2 aliphatic heterocycles. The van der Waals surface area contributed by atoms with Crippen molar-refractivity contribution in [3.05, 3.63) is 18.0 Å². The first-order chi connectivity index (χ1) is 15.0. The lowest BCUT2D eigenvalue weighted by molar-refractivity contribution is -0.128. The van der Waals surface area contributed by atoms with Crippen molar-refractivity contribution in [3.63, 3.8) is 0 Å². The fourth-order valence-corrected chi connectivity index (χ4v) is 6.11. The molecule has 1 aromatic heterocycles. The van der Waals surface area contributed by atoms with Gasteiger partial charge in [-0.15, -0.1) is 0 Å². The van der Waals surface area contributed by atoms with Crippen molar-refractivity contribution in [3.8, 4) is 0 Å². The average molecular weight is 432 g/mol. The summed E-state index contributed by atoms with van der Waals surface area (Å²) in [5.41, 5.74) is 0.535. The number of imidazole rings is 1. The number of nitrogens with one attached hydrogen (secondary N) is 5. The minimum absolute atomic E-state index is 0.0841. The van der Waals surface area contributed by atoms with Crippen LogP contribution in [0.2, 0.25) is 0 Å². The van der Waals surface area contributed by atoms with Crippen LogP contribution in [0.5, 0.6) is 0 Å². The zero-order chi connectivity index (χ0) is 21.8. The standard InChI is InChI=1S/C23H41N7O/c1-16-21(4-3-5-27-16)19-8-17(14-30-7-6-29(2)23(30)24)9-20(10-19)22(31)28-13-18-11-25-15-26-12-18/h6-7,16-21,24-27H,3-5,8-15H2,1-2H3,(H,28,31). The Morgan fingerprint density at radius 2 is 2.00 bits per heavy atom. The van der Waals surface area contributed by atoms with Crippen molar-refractivity contribution in [1.82, 2.24) is 30.4 Å². The van der Waals surface area contributed by atoms with E-state index in [1.165, 1.54) is 12.8 Å². The van der Waals surface area contributed by atoms with Gasteiger partial charge in [0.15, 0.2) is 0 Å². The molecular formula is C23H41N7O. The summed E-state index contributed by atoms with van der Waals surface area (Å²) in [4.78, 5) is 13.2. The molecular weight excluding hydrogens is 390 g/mol. The molecule has 5 N–H and O–H groups in total. The highest BCUT2D eigenvalue weighted by molar-refractivity contribution is 5.78. The van der Waals surface area contributed by atoms with E-state index in [1.54, 1.807) is 0 Å². The number of aromatic nitrogens is 2. The van der Waals surface area contributed by atoms with Crippen LogP contribution in [0.3, 0.4) is 0 Å². The first kappa shape index (κ1) is 22.6. The van der Waals surface area contributed by atoms with E-state index in [2.05, 4.69) is 28.2 Å². The van der Waals surface area contributed by atoms with Crippen LogP contribution in [0.1, 0.15) is 39.0 Å². The van der Waals surface area contributed by atoms with E-state index in [1.807, 2.05) is 28.6 Å². The third-order valence-corrected chi connectivity index (χ3v) is 7.85. The van der Waals surface area contributed by atoms with E-state index in [9.17, 15) is 4.79 Å². The number of carbonyl (C=O) groups is 1. The molecule has 5 atom stereocenters. The Hall–Kier alpha value is -1.64. The topological polar surface area (TPSA) is 98.9 Å². The summed E-state index contributed by atoms with van der Waals surface area (Å²) >= 11 is 0. The van der Waals surface area contributed by atoms with Gasteiger partial charge in [-0.3, -0.25) is 10.2 Å². The third-order valence-electron chi connectivity index (χ3n) is 7.85. The van der Waals surface area contributed by atoms with Gasteiger partial charge in [0.25, 0.3) is 0 Å². The minimum atomic E-state index is 0.0841. The summed E-state index contributed by atoms with van der Waals surface area (Å²) in [6.45, 7) is 7.81. The number of amides is 1. The molecule has 5 unspecified atom stereocenters. The predicted molar refractivity (Wildman–Crippen MR) is 121 cm³/mol. The Morgan fingerprint density at radius 3 is 2.71 bits per heavy atom. The van der Waals surface area contributed by atoms with Gasteiger partial charge in [0.1, 0.15) is 0 Å². The van der Waals surface area contributed by atoms with Crippen LogP contribution in [0.25, 0.3) is 0 Å². The molecule has 0 radical (unpaired) electrons. The molecule has 3 aliphatic rings. The zero-order valence-electron chi connectivity index (χ0n) is 19.2. The normalized spacial score (nSPS) is 32.6. The molecule has 174 valence electrons. The van der Waals surface area contributed by atoms with E-state index in [0.29, 0.717) is 35.3 Å². The van der Waals surface area contributed by atoms with E-state index in [-0.39, 0.29) is 11.8 Å². The van der Waals surface area contributed by atoms with Crippen molar-refractivity contribution in [2.75, 3.05) is 32.8 Å². The molecule has 3 fully saturated rings. The number of aryl methyl sites for hydroxylation is 1. The molecule has 31 heavy (non-hydrogen) atoms. The van der Waals surface area contributed by atoms with Gasteiger partial charge in [0, 0.05) is 70.2 Å². The van der Waals surface area contributed by atoms with Crippen LogP contribution in [0.4, 0.5) is 0 Å². The SMILES string of the molecule is CC1NCCCC1C1CC(Cn2ccn(C)c2=N)CC(C(=O)NCC2CNCNC2)C1. The molecule has 1 aliphatic carbocycles. The van der Waals surface area contributed by atoms with E-state index < -0.39 is 0 Å². The van der Waals surface area contributed by atoms with Gasteiger partial charge in [-0.1, -0.05) is 0 Å². The molecule has 8 nitrogen and oxygen atoms in total. The lowest BCUT2D eigenvalue weighted by Crippen LogP contribution is -2.49. The lowest BCUT2D eigenvalue weighted by atomic mass is 9.67. The Kier molecular flexibility index (Phi) is 7.51. The smallest absolute Gasteiger partial charge is 0.223 e. The Bertz CT molecular complexity index is 781. The van der Waals surface area contributed by atoms with Crippen LogP contribution in [-0.2, 0) is 18.4 Å². The van der Waals surface area contributed by atoms with Crippen molar-refractivity contribution in [2.24, 2.45) is 36.6 Å². The van der Waals surface area contributed by atoms with Crippen molar-refractivity contribution in [2.45, 2.75) is 51.6 Å². The van der Waals surface area contributed by atoms with Crippen LogP contribution in [-0.4, -0.2) is 53.9 Å². The van der Waals surface area contributed by atoms with Crippen molar-refractivity contribution in [1.29, 1.82) is 5.41 Å². The van der Waals surface area contributed by atoms with Gasteiger partial charge >= 0.3 is 0 Å². The molecule has 0 aromatic carbocycles. The second-order valence-electron chi connectivity index (χ2n) is 10.2. The Balaban J connectivity index is 1.43.